The summed E-state index contributed by atoms with van der Waals surface area (Å²) in [6.45, 7) is 2.29. The Kier molecular flexibility index (Phi) is 6.78. The summed E-state index contributed by atoms with van der Waals surface area (Å²) in [4.78, 5) is 34.0. The molecule has 0 aliphatic rings. The maximum atomic E-state index is 12.6. The molecule has 0 aliphatic carbocycles. The number of pyridine rings is 1. The lowest BCUT2D eigenvalue weighted by molar-refractivity contribution is 0.0944. The van der Waals surface area contributed by atoms with E-state index in [1.165, 1.54) is 0 Å². The third kappa shape index (κ3) is 5.41. The molecule has 37 heavy (non-hydrogen) atoms. The second-order valence-electron chi connectivity index (χ2n) is 8.32. The van der Waals surface area contributed by atoms with Crippen LogP contribution in [0.3, 0.4) is 0 Å². The van der Waals surface area contributed by atoms with Crippen LogP contribution in [0.25, 0.3) is 22.4 Å². The number of benzene rings is 2. The second-order valence-corrected chi connectivity index (χ2v) is 8.32. The van der Waals surface area contributed by atoms with Crippen molar-refractivity contribution in [3.63, 3.8) is 0 Å². The lowest BCUT2D eigenvalue weighted by Crippen LogP contribution is -2.24. The fraction of sp³-hybridized carbons (Fsp3) is 0.143. The number of para-hydroxylation sites is 1. The Labute approximate surface area is 212 Å². The third-order valence-corrected chi connectivity index (χ3v) is 5.70. The van der Waals surface area contributed by atoms with E-state index in [0.717, 1.165) is 16.5 Å². The average Bonchev–Trinajstić information content (AvgIpc) is 3.54. The molecule has 0 spiro atoms. The molecule has 0 bridgehead atoms. The van der Waals surface area contributed by atoms with Gasteiger partial charge in [0.15, 0.2) is 5.76 Å². The number of aromatic nitrogens is 2. The quantitative estimate of drug-likeness (QED) is 0.306. The predicted octanol–water partition coefficient (Wildman–Crippen LogP) is 5.12. The molecule has 186 valence electrons. The molecule has 3 heterocycles. The first-order valence-corrected chi connectivity index (χ1v) is 11.6. The van der Waals surface area contributed by atoms with Gasteiger partial charge in [0.2, 0.25) is 5.89 Å². The zero-order chi connectivity index (χ0) is 25.8. The highest BCUT2D eigenvalue weighted by molar-refractivity contribution is 6.02. The number of hydrogen-bond donors (Lipinski definition) is 2. The van der Waals surface area contributed by atoms with Crippen molar-refractivity contribution < 1.29 is 23.2 Å². The number of nitrogens with one attached hydrogen (secondary N) is 2. The summed E-state index contributed by atoms with van der Waals surface area (Å²) < 4.78 is 16.3. The summed E-state index contributed by atoms with van der Waals surface area (Å²) in [6, 6.07) is 21.6. The molecule has 2 N–H and O–H groups in total. The fourth-order valence-electron chi connectivity index (χ4n) is 3.77. The predicted molar refractivity (Wildman–Crippen MR) is 137 cm³/mol. The molecule has 5 rings (SSSR count). The largest absolute Gasteiger partial charge is 0.453 e. The monoisotopic (exact) mass is 496 g/mol. The van der Waals surface area contributed by atoms with E-state index >= 15 is 0 Å². The van der Waals surface area contributed by atoms with Gasteiger partial charge < -0.3 is 24.2 Å². The lowest BCUT2D eigenvalue weighted by atomic mass is 10.2. The van der Waals surface area contributed by atoms with Crippen molar-refractivity contribution in [1.29, 1.82) is 0 Å². The summed E-state index contributed by atoms with van der Waals surface area (Å²) in [5, 5.41) is 6.61. The van der Waals surface area contributed by atoms with Gasteiger partial charge in [0.05, 0.1) is 12.1 Å². The van der Waals surface area contributed by atoms with Crippen LogP contribution >= 0.6 is 0 Å². The zero-order valence-electron chi connectivity index (χ0n) is 20.3. The van der Waals surface area contributed by atoms with E-state index in [2.05, 4.69) is 20.6 Å². The van der Waals surface area contributed by atoms with Gasteiger partial charge in [-0.2, -0.15) is 0 Å². The number of oxazole rings is 1. The first kappa shape index (κ1) is 24.0. The molecular formula is C28H24N4O5. The Morgan fingerprint density at radius 1 is 0.892 bits per heavy atom. The van der Waals surface area contributed by atoms with E-state index in [-0.39, 0.29) is 24.1 Å². The van der Waals surface area contributed by atoms with Crippen LogP contribution in [0.15, 0.2) is 81.6 Å². The zero-order valence-corrected chi connectivity index (χ0v) is 20.3. The number of fused-ring (bicyclic) bond motifs is 1. The fourth-order valence-corrected chi connectivity index (χ4v) is 3.77. The molecule has 0 unspecified atom stereocenters. The number of nitrogens with zero attached hydrogens (tertiary/aromatic N) is 2. The van der Waals surface area contributed by atoms with Gasteiger partial charge in [-0.1, -0.05) is 24.3 Å². The molecule has 2 amide bonds. The number of amides is 2. The van der Waals surface area contributed by atoms with Crippen LogP contribution in [-0.4, -0.2) is 28.9 Å². The number of furan rings is 1. The molecular weight excluding hydrogens is 472 g/mol. The van der Waals surface area contributed by atoms with Crippen LogP contribution in [0, 0.1) is 6.92 Å². The van der Waals surface area contributed by atoms with Crippen LogP contribution in [0.1, 0.15) is 38.3 Å². The van der Waals surface area contributed by atoms with E-state index in [1.54, 1.807) is 56.5 Å². The van der Waals surface area contributed by atoms with Gasteiger partial charge in [0.1, 0.15) is 29.5 Å². The minimum Gasteiger partial charge on any atom is -0.453 e. The molecule has 0 saturated heterocycles. The number of rotatable bonds is 8. The van der Waals surface area contributed by atoms with Gasteiger partial charge in [0, 0.05) is 23.7 Å². The van der Waals surface area contributed by atoms with Gasteiger partial charge in [0.25, 0.3) is 11.8 Å². The normalized spacial score (nSPS) is 11.0. The summed E-state index contributed by atoms with van der Waals surface area (Å²) in [7, 11) is 1.56. The van der Waals surface area contributed by atoms with Crippen LogP contribution in [0.5, 0.6) is 0 Å². The van der Waals surface area contributed by atoms with Crippen LogP contribution in [-0.2, 0) is 17.9 Å². The summed E-state index contributed by atoms with van der Waals surface area (Å²) >= 11 is 0. The van der Waals surface area contributed by atoms with Crippen LogP contribution in [0.4, 0.5) is 5.69 Å². The van der Waals surface area contributed by atoms with E-state index in [4.69, 9.17) is 13.6 Å². The standard InChI is InChI=1S/C28H24N4O5/c1-17-24(15-29-26(33)23-13-9-18-5-3-4-6-22(18)31-23)32-28(36-17)19-7-10-20(11-8-19)30-27(34)25-14-12-21(37-25)16-35-2/h3-14H,15-16H2,1-2H3,(H,29,33)(H,30,34). The molecule has 5 aromatic rings. The number of aryl methyl sites for hydroxylation is 1. The van der Waals surface area contributed by atoms with E-state index in [1.807, 2.05) is 30.3 Å². The third-order valence-electron chi connectivity index (χ3n) is 5.70. The highest BCUT2D eigenvalue weighted by atomic mass is 16.5. The first-order valence-electron chi connectivity index (χ1n) is 11.6. The maximum absolute atomic E-state index is 12.6. The molecule has 2 aromatic carbocycles. The van der Waals surface area contributed by atoms with Crippen molar-refractivity contribution in [2.45, 2.75) is 20.1 Å². The van der Waals surface area contributed by atoms with Gasteiger partial charge in [-0.15, -0.1) is 0 Å². The molecule has 0 fully saturated rings. The maximum Gasteiger partial charge on any atom is 0.291 e. The molecule has 9 nitrogen and oxygen atoms in total. The smallest absolute Gasteiger partial charge is 0.291 e. The van der Waals surface area contributed by atoms with E-state index in [0.29, 0.717) is 41.1 Å². The summed E-state index contributed by atoms with van der Waals surface area (Å²) in [5.74, 6) is 1.14. The summed E-state index contributed by atoms with van der Waals surface area (Å²) in [5.41, 5.74) is 3.04. The highest BCUT2D eigenvalue weighted by Crippen LogP contribution is 2.24. The number of ether oxygens (including phenoxy) is 1. The number of carbonyl (C=O) groups is 2. The number of carbonyl (C=O) groups excluding carboxylic acids is 2. The van der Waals surface area contributed by atoms with Crippen LogP contribution in [0.2, 0.25) is 0 Å². The van der Waals surface area contributed by atoms with Crippen molar-refractivity contribution >= 4 is 28.4 Å². The van der Waals surface area contributed by atoms with Gasteiger partial charge in [-0.05, 0) is 55.5 Å². The SMILES string of the molecule is COCc1ccc(C(=O)Nc2ccc(-c3nc(CNC(=O)c4ccc5ccccc5n4)c(C)o3)cc2)o1. The summed E-state index contributed by atoms with van der Waals surface area (Å²) in [6.07, 6.45) is 0. The van der Waals surface area contributed by atoms with Gasteiger partial charge in [-0.3, -0.25) is 9.59 Å². The second kappa shape index (κ2) is 10.5. The van der Waals surface area contributed by atoms with Crippen molar-refractivity contribution in [2.75, 3.05) is 12.4 Å². The molecule has 0 aliphatic heterocycles. The molecule has 0 radical (unpaired) electrons. The molecule has 0 atom stereocenters. The average molecular weight is 497 g/mol. The van der Waals surface area contributed by atoms with Gasteiger partial charge in [-0.25, -0.2) is 9.97 Å². The van der Waals surface area contributed by atoms with Crippen LogP contribution < -0.4 is 10.6 Å². The minimum atomic E-state index is -0.360. The Balaban J connectivity index is 1.21. The van der Waals surface area contributed by atoms with Crippen molar-refractivity contribution in [3.05, 3.63) is 101 Å². The topological polar surface area (TPSA) is 119 Å². The Morgan fingerprint density at radius 2 is 1.70 bits per heavy atom. The Morgan fingerprint density at radius 3 is 2.51 bits per heavy atom. The van der Waals surface area contributed by atoms with E-state index in [9.17, 15) is 9.59 Å². The first-order chi connectivity index (χ1) is 18.0. The Bertz CT molecular complexity index is 1570. The molecule has 0 saturated carbocycles. The van der Waals surface area contributed by atoms with E-state index < -0.39 is 0 Å². The van der Waals surface area contributed by atoms with Crippen molar-refractivity contribution in [2.24, 2.45) is 0 Å². The van der Waals surface area contributed by atoms with Crippen molar-refractivity contribution in [1.82, 2.24) is 15.3 Å². The van der Waals surface area contributed by atoms with Crippen molar-refractivity contribution in [3.8, 4) is 11.5 Å². The van der Waals surface area contributed by atoms with Gasteiger partial charge >= 0.3 is 0 Å². The lowest BCUT2D eigenvalue weighted by Gasteiger charge is -2.04. The number of anilines is 1. The molecule has 3 aromatic heterocycles. The molecule has 9 heteroatoms. The number of hydrogen-bond acceptors (Lipinski definition) is 7. The highest BCUT2D eigenvalue weighted by Gasteiger charge is 2.15. The number of methoxy groups -OCH3 is 1. The Hall–Kier alpha value is -4.76. The minimum absolute atomic E-state index is 0.199.